The minimum Gasteiger partial charge on any atom is -0.497 e. The number of rotatable bonds is 4. The van der Waals surface area contributed by atoms with Crippen molar-refractivity contribution in [2.24, 2.45) is 5.92 Å². The van der Waals surface area contributed by atoms with Crippen LogP contribution >= 0.6 is 0 Å². The lowest BCUT2D eigenvalue weighted by molar-refractivity contribution is 0.181. The van der Waals surface area contributed by atoms with Crippen LogP contribution < -0.4 is 14.8 Å². The average Bonchev–Trinajstić information content (AvgIpc) is 3.10. The molecular formula is C20H30N2O3. The van der Waals surface area contributed by atoms with Gasteiger partial charge < -0.3 is 19.7 Å². The largest absolute Gasteiger partial charge is 0.497 e. The van der Waals surface area contributed by atoms with Gasteiger partial charge in [-0.15, -0.1) is 0 Å². The molecule has 0 spiro atoms. The maximum Gasteiger partial charge on any atom is 0.318 e. The number of urea groups is 1. The van der Waals surface area contributed by atoms with Gasteiger partial charge in [0.25, 0.3) is 0 Å². The fourth-order valence-corrected chi connectivity index (χ4v) is 4.25. The van der Waals surface area contributed by atoms with Crippen LogP contribution in [-0.4, -0.2) is 37.7 Å². The molecule has 2 fully saturated rings. The molecule has 5 heteroatoms. The minimum absolute atomic E-state index is 0.0690. The summed E-state index contributed by atoms with van der Waals surface area (Å²) in [6.45, 7) is 3.08. The molecule has 0 bridgehead atoms. The van der Waals surface area contributed by atoms with Crippen molar-refractivity contribution in [3.63, 3.8) is 0 Å². The number of nitrogens with zero attached hydrogens (tertiary/aromatic N) is 1. The normalized spacial score (nSPS) is 26.4. The maximum absolute atomic E-state index is 12.9. The van der Waals surface area contributed by atoms with E-state index in [1.54, 1.807) is 14.2 Å². The van der Waals surface area contributed by atoms with Crippen molar-refractivity contribution < 1.29 is 14.3 Å². The summed E-state index contributed by atoms with van der Waals surface area (Å²) >= 11 is 0. The molecule has 0 aromatic heterocycles. The Balaban J connectivity index is 1.72. The molecule has 1 saturated carbocycles. The molecule has 1 aliphatic heterocycles. The number of benzene rings is 1. The smallest absolute Gasteiger partial charge is 0.318 e. The Bertz CT molecular complexity index is 605. The van der Waals surface area contributed by atoms with Gasteiger partial charge in [-0.3, -0.25) is 0 Å². The third kappa shape index (κ3) is 4.02. The molecule has 1 saturated heterocycles. The first kappa shape index (κ1) is 17.9. The highest BCUT2D eigenvalue weighted by molar-refractivity contribution is 5.75. The zero-order valence-corrected chi connectivity index (χ0v) is 15.6. The Kier molecular flexibility index (Phi) is 5.71. The van der Waals surface area contributed by atoms with Crippen molar-refractivity contribution in [1.29, 1.82) is 0 Å². The van der Waals surface area contributed by atoms with Crippen LogP contribution in [-0.2, 0) is 0 Å². The third-order valence-corrected chi connectivity index (χ3v) is 5.58. The third-order valence-electron chi connectivity index (χ3n) is 5.58. The Hall–Kier alpha value is -1.91. The summed E-state index contributed by atoms with van der Waals surface area (Å²) < 4.78 is 10.8. The average molecular weight is 346 g/mol. The zero-order chi connectivity index (χ0) is 17.8. The molecule has 1 aromatic rings. The van der Waals surface area contributed by atoms with Gasteiger partial charge in [0.2, 0.25) is 0 Å². The lowest BCUT2D eigenvalue weighted by atomic mass is 9.87. The Morgan fingerprint density at radius 3 is 2.72 bits per heavy atom. The summed E-state index contributed by atoms with van der Waals surface area (Å²) in [5.74, 6) is 2.26. The monoisotopic (exact) mass is 346 g/mol. The number of nitrogens with one attached hydrogen (secondary N) is 1. The molecule has 1 aromatic carbocycles. The topological polar surface area (TPSA) is 50.8 Å². The van der Waals surface area contributed by atoms with Crippen molar-refractivity contribution in [1.82, 2.24) is 10.2 Å². The number of carbonyl (C=O) groups excluding carboxylic acids is 1. The highest BCUT2D eigenvalue weighted by Gasteiger charge is 2.33. The van der Waals surface area contributed by atoms with E-state index in [1.807, 2.05) is 23.1 Å². The summed E-state index contributed by atoms with van der Waals surface area (Å²) in [6, 6.07) is 6.31. The van der Waals surface area contributed by atoms with Crippen molar-refractivity contribution >= 4 is 6.03 Å². The molecule has 2 aliphatic rings. The second-order valence-corrected chi connectivity index (χ2v) is 7.38. The maximum atomic E-state index is 12.9. The van der Waals surface area contributed by atoms with Crippen LogP contribution in [0.15, 0.2) is 18.2 Å². The number of hydrogen-bond acceptors (Lipinski definition) is 3. The first-order chi connectivity index (χ1) is 12.1. The van der Waals surface area contributed by atoms with Crippen LogP contribution in [0.4, 0.5) is 4.79 Å². The van der Waals surface area contributed by atoms with Gasteiger partial charge >= 0.3 is 6.03 Å². The van der Waals surface area contributed by atoms with E-state index in [0.717, 1.165) is 49.3 Å². The summed E-state index contributed by atoms with van der Waals surface area (Å²) in [6.07, 6.45) is 6.67. The molecule has 5 nitrogen and oxygen atoms in total. The van der Waals surface area contributed by atoms with E-state index in [9.17, 15) is 4.79 Å². The summed E-state index contributed by atoms with van der Waals surface area (Å²) in [5, 5.41) is 3.27. The van der Waals surface area contributed by atoms with E-state index in [4.69, 9.17) is 9.47 Å². The Morgan fingerprint density at radius 2 is 2.00 bits per heavy atom. The fraction of sp³-hybridized carbons (Fsp3) is 0.650. The van der Waals surface area contributed by atoms with Gasteiger partial charge in [-0.1, -0.05) is 19.8 Å². The molecule has 3 atom stereocenters. The van der Waals surface area contributed by atoms with Crippen molar-refractivity contribution in [2.75, 3.05) is 20.8 Å². The van der Waals surface area contributed by atoms with Gasteiger partial charge in [-0.05, 0) is 43.7 Å². The molecule has 1 heterocycles. The van der Waals surface area contributed by atoms with Crippen LogP contribution in [0.5, 0.6) is 11.5 Å². The highest BCUT2D eigenvalue weighted by Crippen LogP contribution is 2.38. The molecule has 25 heavy (non-hydrogen) atoms. The molecule has 2 amide bonds. The van der Waals surface area contributed by atoms with Gasteiger partial charge in [-0.2, -0.15) is 0 Å². The van der Waals surface area contributed by atoms with Crippen LogP contribution in [0.25, 0.3) is 0 Å². The highest BCUT2D eigenvalue weighted by atomic mass is 16.5. The van der Waals surface area contributed by atoms with E-state index >= 15 is 0 Å². The van der Waals surface area contributed by atoms with Gasteiger partial charge in [0, 0.05) is 24.2 Å². The number of hydrogen-bond donors (Lipinski definition) is 1. The van der Waals surface area contributed by atoms with Crippen molar-refractivity contribution in [2.45, 2.75) is 57.5 Å². The second kappa shape index (κ2) is 7.98. The summed E-state index contributed by atoms with van der Waals surface area (Å²) in [7, 11) is 3.32. The van der Waals surface area contributed by atoms with Gasteiger partial charge in [0.15, 0.2) is 0 Å². The summed E-state index contributed by atoms with van der Waals surface area (Å²) in [5.41, 5.74) is 1.06. The fourth-order valence-electron chi connectivity index (χ4n) is 4.25. The van der Waals surface area contributed by atoms with E-state index in [2.05, 4.69) is 12.2 Å². The van der Waals surface area contributed by atoms with Crippen LogP contribution in [0.1, 0.15) is 57.1 Å². The Labute approximate surface area is 150 Å². The number of likely N-dealkylation sites (tertiary alicyclic amines) is 1. The van der Waals surface area contributed by atoms with Crippen molar-refractivity contribution in [3.8, 4) is 11.5 Å². The predicted molar refractivity (Wildman–Crippen MR) is 98.2 cm³/mol. The number of carbonyl (C=O) groups is 1. The molecule has 0 radical (unpaired) electrons. The summed E-state index contributed by atoms with van der Waals surface area (Å²) in [4.78, 5) is 14.9. The van der Waals surface area contributed by atoms with E-state index in [0.29, 0.717) is 12.0 Å². The molecule has 138 valence electrons. The number of methoxy groups -OCH3 is 2. The molecule has 3 unspecified atom stereocenters. The first-order valence-electron chi connectivity index (χ1n) is 9.41. The lowest BCUT2D eigenvalue weighted by Crippen LogP contribution is -2.46. The second-order valence-electron chi connectivity index (χ2n) is 7.38. The molecular weight excluding hydrogens is 316 g/mol. The SMILES string of the molecule is COc1ccc(C2CCCN2C(=O)NC2CCCC(C)C2)c(OC)c1. The molecule has 1 aliphatic carbocycles. The van der Waals surface area contributed by atoms with Crippen LogP contribution in [0.2, 0.25) is 0 Å². The van der Waals surface area contributed by atoms with E-state index in [-0.39, 0.29) is 12.1 Å². The van der Waals surface area contributed by atoms with Gasteiger partial charge in [0.1, 0.15) is 11.5 Å². The van der Waals surface area contributed by atoms with Gasteiger partial charge in [-0.25, -0.2) is 4.79 Å². The lowest BCUT2D eigenvalue weighted by Gasteiger charge is -2.32. The van der Waals surface area contributed by atoms with E-state index in [1.165, 1.54) is 12.8 Å². The number of ether oxygens (including phenoxy) is 2. The predicted octanol–water partition coefficient (Wildman–Crippen LogP) is 4.13. The first-order valence-corrected chi connectivity index (χ1v) is 9.41. The zero-order valence-electron chi connectivity index (χ0n) is 15.6. The van der Waals surface area contributed by atoms with E-state index < -0.39 is 0 Å². The van der Waals surface area contributed by atoms with Crippen LogP contribution in [0.3, 0.4) is 0 Å². The molecule has 3 rings (SSSR count). The van der Waals surface area contributed by atoms with Crippen LogP contribution in [0, 0.1) is 5.92 Å². The number of amides is 2. The Morgan fingerprint density at radius 1 is 1.16 bits per heavy atom. The van der Waals surface area contributed by atoms with Crippen molar-refractivity contribution in [3.05, 3.63) is 23.8 Å². The standard InChI is InChI=1S/C20H30N2O3/c1-14-6-4-7-15(12-14)21-20(23)22-11-5-8-18(22)17-10-9-16(24-2)13-19(17)25-3/h9-10,13-15,18H,4-8,11-12H2,1-3H3,(H,21,23). The van der Waals surface area contributed by atoms with Gasteiger partial charge in [0.05, 0.1) is 20.3 Å². The minimum atomic E-state index is 0.0690. The quantitative estimate of drug-likeness (QED) is 0.892. The molecule has 1 N–H and O–H groups in total.